The van der Waals surface area contributed by atoms with Crippen LogP contribution in [0.25, 0.3) is 10.9 Å². The molecule has 3 heteroatoms. The highest BCUT2D eigenvalue weighted by Gasteiger charge is 2.05. The minimum absolute atomic E-state index is 0.309. The molecule has 0 aliphatic heterocycles. The van der Waals surface area contributed by atoms with Crippen LogP contribution in [0, 0.1) is 6.07 Å². The third kappa shape index (κ3) is 2.30. The van der Waals surface area contributed by atoms with Gasteiger partial charge in [0, 0.05) is 29.7 Å². The van der Waals surface area contributed by atoms with E-state index in [-0.39, 0.29) is 5.97 Å². The van der Waals surface area contributed by atoms with E-state index in [1.165, 1.54) is 7.11 Å². The highest BCUT2D eigenvalue weighted by molar-refractivity contribution is 5.89. The zero-order valence-electron chi connectivity index (χ0n) is 11.2. The highest BCUT2D eigenvalue weighted by atomic mass is 16.5. The number of methoxy groups -OCH3 is 1. The Morgan fingerprint density at radius 1 is 1.15 bits per heavy atom. The number of esters is 1. The SMILES string of the molecule is COC(=O)c1ccc(Cn2c[c]c3ccccc32)cc1. The lowest BCUT2D eigenvalue weighted by Gasteiger charge is -2.06. The van der Waals surface area contributed by atoms with Gasteiger partial charge in [0.05, 0.1) is 12.7 Å². The predicted octanol–water partition coefficient (Wildman–Crippen LogP) is 3.28. The van der Waals surface area contributed by atoms with Gasteiger partial charge < -0.3 is 9.30 Å². The van der Waals surface area contributed by atoms with E-state index < -0.39 is 0 Å². The molecule has 0 N–H and O–H groups in total. The van der Waals surface area contributed by atoms with Gasteiger partial charge in [-0.25, -0.2) is 4.79 Å². The molecule has 3 nitrogen and oxygen atoms in total. The van der Waals surface area contributed by atoms with Gasteiger partial charge in [-0.3, -0.25) is 0 Å². The van der Waals surface area contributed by atoms with Crippen LogP contribution in [0.1, 0.15) is 15.9 Å². The molecular formula is C17H14NO2. The Bertz CT molecular complexity index is 741. The maximum Gasteiger partial charge on any atom is 0.337 e. The van der Waals surface area contributed by atoms with Crippen molar-refractivity contribution in [2.75, 3.05) is 7.11 Å². The molecular weight excluding hydrogens is 250 g/mol. The third-order valence-electron chi connectivity index (χ3n) is 3.32. The van der Waals surface area contributed by atoms with Crippen molar-refractivity contribution >= 4 is 16.9 Å². The number of fused-ring (bicyclic) bond motifs is 1. The van der Waals surface area contributed by atoms with Gasteiger partial charge in [-0.1, -0.05) is 30.3 Å². The summed E-state index contributed by atoms with van der Waals surface area (Å²) in [5.41, 5.74) is 2.86. The fraction of sp³-hybridized carbons (Fsp3) is 0.118. The zero-order valence-corrected chi connectivity index (χ0v) is 11.2. The maximum absolute atomic E-state index is 11.4. The molecule has 0 atom stereocenters. The van der Waals surface area contributed by atoms with Crippen LogP contribution in [0.15, 0.2) is 54.7 Å². The molecule has 3 aromatic rings. The second-order valence-electron chi connectivity index (χ2n) is 4.61. The largest absolute Gasteiger partial charge is 0.465 e. The van der Waals surface area contributed by atoms with E-state index in [1.807, 2.05) is 36.5 Å². The Kier molecular flexibility index (Phi) is 3.25. The predicted molar refractivity (Wildman–Crippen MR) is 77.7 cm³/mol. The Hall–Kier alpha value is -2.55. The summed E-state index contributed by atoms with van der Waals surface area (Å²) in [6, 6.07) is 18.9. The third-order valence-corrected chi connectivity index (χ3v) is 3.32. The molecule has 99 valence electrons. The van der Waals surface area contributed by atoms with Crippen molar-refractivity contribution in [2.24, 2.45) is 0 Å². The fourth-order valence-electron chi connectivity index (χ4n) is 2.25. The van der Waals surface area contributed by atoms with Gasteiger partial charge in [0.1, 0.15) is 0 Å². The number of hydrogen-bond donors (Lipinski definition) is 0. The summed E-state index contributed by atoms with van der Waals surface area (Å²) in [5, 5.41) is 1.11. The summed E-state index contributed by atoms with van der Waals surface area (Å²) in [5.74, 6) is -0.309. The summed E-state index contributed by atoms with van der Waals surface area (Å²) in [4.78, 5) is 11.4. The molecule has 0 amide bonds. The van der Waals surface area contributed by atoms with E-state index in [4.69, 9.17) is 4.74 Å². The molecule has 1 aromatic heterocycles. The number of para-hydroxylation sites is 1. The van der Waals surface area contributed by atoms with Gasteiger partial charge in [0.25, 0.3) is 0 Å². The minimum atomic E-state index is -0.309. The van der Waals surface area contributed by atoms with Gasteiger partial charge >= 0.3 is 5.97 Å². The number of rotatable bonds is 3. The second-order valence-corrected chi connectivity index (χ2v) is 4.61. The summed E-state index contributed by atoms with van der Waals surface area (Å²) < 4.78 is 6.83. The first kappa shape index (κ1) is 12.5. The van der Waals surface area contributed by atoms with Crippen LogP contribution >= 0.6 is 0 Å². The second kappa shape index (κ2) is 5.21. The van der Waals surface area contributed by atoms with Crippen molar-refractivity contribution < 1.29 is 9.53 Å². The average Bonchev–Trinajstić information content (AvgIpc) is 2.91. The number of carbonyl (C=O) groups excluding carboxylic acids is 1. The number of hydrogen-bond acceptors (Lipinski definition) is 2. The average molecular weight is 264 g/mol. The van der Waals surface area contributed by atoms with E-state index in [0.717, 1.165) is 23.0 Å². The Morgan fingerprint density at radius 3 is 2.65 bits per heavy atom. The Labute approximate surface area is 117 Å². The topological polar surface area (TPSA) is 31.2 Å². The standard InChI is InChI=1S/C17H14NO2/c1-20-17(19)15-8-6-13(7-9-15)12-18-11-10-14-4-2-3-5-16(14)18/h2-9,11H,12H2,1H3. The lowest BCUT2D eigenvalue weighted by molar-refractivity contribution is 0.0600. The van der Waals surface area contributed by atoms with E-state index in [9.17, 15) is 4.79 Å². The van der Waals surface area contributed by atoms with Crippen LogP contribution in [0.4, 0.5) is 0 Å². The molecule has 1 radical (unpaired) electrons. The van der Waals surface area contributed by atoms with Crippen molar-refractivity contribution in [2.45, 2.75) is 6.54 Å². The summed E-state index contributed by atoms with van der Waals surface area (Å²) in [7, 11) is 1.39. The molecule has 0 saturated carbocycles. The van der Waals surface area contributed by atoms with Crippen LogP contribution in [0.3, 0.4) is 0 Å². The van der Waals surface area contributed by atoms with Crippen LogP contribution in [0.5, 0.6) is 0 Å². The summed E-state index contributed by atoms with van der Waals surface area (Å²) in [6.07, 6.45) is 1.96. The number of nitrogens with zero attached hydrogens (tertiary/aromatic N) is 1. The molecule has 2 aromatic carbocycles. The van der Waals surface area contributed by atoms with E-state index >= 15 is 0 Å². The van der Waals surface area contributed by atoms with Gasteiger partial charge in [0.15, 0.2) is 0 Å². The monoisotopic (exact) mass is 264 g/mol. The van der Waals surface area contributed by atoms with Crippen LogP contribution in [-0.4, -0.2) is 17.6 Å². The molecule has 0 saturated heterocycles. The van der Waals surface area contributed by atoms with Gasteiger partial charge in [-0.15, -0.1) is 0 Å². The molecule has 0 fully saturated rings. The number of ether oxygens (including phenoxy) is 1. The van der Waals surface area contributed by atoms with Crippen LogP contribution < -0.4 is 0 Å². The molecule has 0 unspecified atom stereocenters. The molecule has 0 spiro atoms. The minimum Gasteiger partial charge on any atom is -0.465 e. The Balaban J connectivity index is 1.86. The lowest BCUT2D eigenvalue weighted by atomic mass is 10.1. The maximum atomic E-state index is 11.4. The quantitative estimate of drug-likeness (QED) is 0.680. The van der Waals surface area contributed by atoms with Crippen molar-refractivity contribution in [3.63, 3.8) is 0 Å². The van der Waals surface area contributed by atoms with Crippen molar-refractivity contribution in [3.05, 3.63) is 71.9 Å². The number of carbonyl (C=O) groups is 1. The highest BCUT2D eigenvalue weighted by Crippen LogP contribution is 2.16. The van der Waals surface area contributed by atoms with E-state index in [0.29, 0.717) is 5.56 Å². The smallest absolute Gasteiger partial charge is 0.337 e. The first-order valence-electron chi connectivity index (χ1n) is 6.41. The molecule has 0 aliphatic rings. The normalized spacial score (nSPS) is 10.7. The number of aromatic nitrogens is 1. The molecule has 1 heterocycles. The van der Waals surface area contributed by atoms with Crippen molar-refractivity contribution in [3.8, 4) is 0 Å². The molecule has 0 bridgehead atoms. The first-order chi connectivity index (χ1) is 9.78. The van der Waals surface area contributed by atoms with Crippen LogP contribution in [0.2, 0.25) is 0 Å². The summed E-state index contributed by atoms with van der Waals surface area (Å²) >= 11 is 0. The molecule has 3 rings (SSSR count). The van der Waals surface area contributed by atoms with Crippen molar-refractivity contribution in [1.82, 2.24) is 4.57 Å². The van der Waals surface area contributed by atoms with E-state index in [1.54, 1.807) is 12.1 Å². The Morgan fingerprint density at radius 2 is 1.90 bits per heavy atom. The zero-order chi connectivity index (χ0) is 13.9. The van der Waals surface area contributed by atoms with Gasteiger partial charge in [-0.2, -0.15) is 0 Å². The molecule has 20 heavy (non-hydrogen) atoms. The van der Waals surface area contributed by atoms with Crippen molar-refractivity contribution in [1.29, 1.82) is 0 Å². The van der Waals surface area contributed by atoms with Gasteiger partial charge in [0.2, 0.25) is 0 Å². The first-order valence-corrected chi connectivity index (χ1v) is 6.41. The van der Waals surface area contributed by atoms with Gasteiger partial charge in [-0.05, 0) is 23.8 Å². The van der Waals surface area contributed by atoms with Crippen LogP contribution in [-0.2, 0) is 11.3 Å². The fourth-order valence-corrected chi connectivity index (χ4v) is 2.25. The number of benzene rings is 2. The molecule has 0 aliphatic carbocycles. The lowest BCUT2D eigenvalue weighted by Crippen LogP contribution is -2.02. The summed E-state index contributed by atoms with van der Waals surface area (Å²) in [6.45, 7) is 0.755. The van der Waals surface area contributed by atoms with E-state index in [2.05, 4.69) is 16.7 Å².